The van der Waals surface area contributed by atoms with Gasteiger partial charge in [0.25, 0.3) is 0 Å². The van der Waals surface area contributed by atoms with Gasteiger partial charge < -0.3 is 14.7 Å². The normalized spacial score (nSPS) is 11.6. The summed E-state index contributed by atoms with van der Waals surface area (Å²) >= 11 is 0. The first-order valence-corrected chi connectivity index (χ1v) is 10.7. The molecule has 2 aromatic carbocycles. The molecule has 1 atom stereocenters. The van der Waals surface area contributed by atoms with Crippen molar-refractivity contribution in [2.75, 3.05) is 13.2 Å². The molecule has 144 valence electrons. The molecule has 0 saturated carbocycles. The minimum atomic E-state index is -2.79. The summed E-state index contributed by atoms with van der Waals surface area (Å²) in [6.45, 7) is 1.82. The van der Waals surface area contributed by atoms with Crippen molar-refractivity contribution >= 4 is 8.25 Å². The molecule has 0 aliphatic heterocycles. The van der Waals surface area contributed by atoms with E-state index < -0.39 is 8.25 Å². The molecule has 0 amide bonds. The van der Waals surface area contributed by atoms with Crippen molar-refractivity contribution < 1.29 is 14.0 Å². The SMILES string of the molecule is O=[PH](O)OCCCNCc1ccc(C#CCCCCc2ccccc2)cc1. The van der Waals surface area contributed by atoms with Gasteiger partial charge in [0.05, 0.1) is 6.61 Å². The van der Waals surface area contributed by atoms with Crippen LogP contribution in [0.1, 0.15) is 42.4 Å². The highest BCUT2D eigenvalue weighted by molar-refractivity contribution is 7.32. The molecular weight excluding hydrogens is 357 g/mol. The number of aryl methyl sites for hydroxylation is 1. The Morgan fingerprint density at radius 2 is 1.74 bits per heavy atom. The van der Waals surface area contributed by atoms with Crippen molar-refractivity contribution in [3.63, 3.8) is 0 Å². The van der Waals surface area contributed by atoms with E-state index in [4.69, 9.17) is 4.89 Å². The Morgan fingerprint density at radius 1 is 0.963 bits per heavy atom. The van der Waals surface area contributed by atoms with E-state index >= 15 is 0 Å². The Balaban J connectivity index is 1.58. The summed E-state index contributed by atoms with van der Waals surface area (Å²) in [5.41, 5.74) is 3.63. The molecule has 4 nitrogen and oxygen atoms in total. The van der Waals surface area contributed by atoms with E-state index in [0.717, 1.165) is 37.9 Å². The molecule has 2 rings (SSSR count). The summed E-state index contributed by atoms with van der Waals surface area (Å²) in [5, 5.41) is 3.29. The third-order valence-corrected chi connectivity index (χ3v) is 4.55. The molecule has 2 N–H and O–H groups in total. The van der Waals surface area contributed by atoms with Crippen LogP contribution < -0.4 is 5.32 Å². The highest BCUT2D eigenvalue weighted by Gasteiger charge is 1.95. The van der Waals surface area contributed by atoms with E-state index in [1.807, 2.05) is 0 Å². The summed E-state index contributed by atoms with van der Waals surface area (Å²) in [7, 11) is -2.79. The first kappa shape index (κ1) is 21.4. The molecule has 0 aromatic heterocycles. The Morgan fingerprint density at radius 3 is 2.48 bits per heavy atom. The Kier molecular flexibility index (Phi) is 10.6. The second kappa shape index (κ2) is 13.3. The standard InChI is InChI=1S/C22H28NO3P/c24-27(25)26-18-8-17-23-19-22-15-13-21(14-16-22)12-5-2-1-4-9-20-10-6-3-7-11-20/h3,6-7,10-11,13-16,23,27H,1-2,4,8-9,17-19H2,(H,24,25). The maximum Gasteiger partial charge on any atom is 0.316 e. The summed E-state index contributed by atoms with van der Waals surface area (Å²) in [5.74, 6) is 6.49. The van der Waals surface area contributed by atoms with Gasteiger partial charge >= 0.3 is 8.25 Å². The second-order valence-electron chi connectivity index (χ2n) is 6.34. The molecule has 0 spiro atoms. The van der Waals surface area contributed by atoms with Crippen LogP contribution in [-0.2, 0) is 22.1 Å². The maximum atomic E-state index is 10.4. The third kappa shape index (κ3) is 10.1. The van der Waals surface area contributed by atoms with Gasteiger partial charge in [-0.2, -0.15) is 0 Å². The van der Waals surface area contributed by atoms with Crippen molar-refractivity contribution in [3.8, 4) is 11.8 Å². The van der Waals surface area contributed by atoms with E-state index in [2.05, 4.69) is 76.3 Å². The van der Waals surface area contributed by atoms with E-state index in [0.29, 0.717) is 13.0 Å². The smallest absolute Gasteiger partial charge is 0.316 e. The van der Waals surface area contributed by atoms with Crippen molar-refractivity contribution in [2.24, 2.45) is 0 Å². The molecule has 0 bridgehead atoms. The second-order valence-corrected chi connectivity index (χ2v) is 7.16. The van der Waals surface area contributed by atoms with Crippen molar-refractivity contribution in [1.29, 1.82) is 0 Å². The highest BCUT2D eigenvalue weighted by Crippen LogP contribution is 2.13. The zero-order valence-electron chi connectivity index (χ0n) is 15.6. The van der Waals surface area contributed by atoms with Gasteiger partial charge in [0.15, 0.2) is 0 Å². The van der Waals surface area contributed by atoms with Gasteiger partial charge in [0.2, 0.25) is 0 Å². The third-order valence-electron chi connectivity index (χ3n) is 4.10. The summed E-state index contributed by atoms with van der Waals surface area (Å²) in [6, 6.07) is 18.8. The largest absolute Gasteiger partial charge is 0.326 e. The van der Waals surface area contributed by atoms with Crippen LogP contribution in [0, 0.1) is 11.8 Å². The van der Waals surface area contributed by atoms with Crippen molar-refractivity contribution in [3.05, 3.63) is 71.3 Å². The molecular formula is C22H28NO3P. The molecule has 0 aliphatic carbocycles. The predicted octanol–water partition coefficient (Wildman–Crippen LogP) is 4.33. The van der Waals surface area contributed by atoms with Crippen LogP contribution >= 0.6 is 8.25 Å². The Bertz CT molecular complexity index is 736. The van der Waals surface area contributed by atoms with Crippen LogP contribution in [-0.4, -0.2) is 18.0 Å². The van der Waals surface area contributed by atoms with Gasteiger partial charge in [-0.25, -0.2) is 0 Å². The maximum absolute atomic E-state index is 10.4. The number of hydrogen-bond donors (Lipinski definition) is 2. The summed E-state index contributed by atoms with van der Waals surface area (Å²) < 4.78 is 15.0. The lowest BCUT2D eigenvalue weighted by molar-refractivity contribution is 0.276. The lowest BCUT2D eigenvalue weighted by atomic mass is 10.1. The molecule has 0 aliphatic rings. The van der Waals surface area contributed by atoms with Gasteiger partial charge in [-0.15, -0.1) is 0 Å². The van der Waals surface area contributed by atoms with Crippen LogP contribution in [0.3, 0.4) is 0 Å². The molecule has 0 heterocycles. The zero-order valence-corrected chi connectivity index (χ0v) is 16.6. The zero-order chi connectivity index (χ0) is 19.2. The topological polar surface area (TPSA) is 58.6 Å². The van der Waals surface area contributed by atoms with Crippen molar-refractivity contribution in [1.82, 2.24) is 5.32 Å². The lowest BCUT2D eigenvalue weighted by Gasteiger charge is -2.05. The first-order valence-electron chi connectivity index (χ1n) is 9.42. The van der Waals surface area contributed by atoms with E-state index in [1.54, 1.807) is 0 Å². The van der Waals surface area contributed by atoms with Gasteiger partial charge in [0, 0.05) is 18.5 Å². The van der Waals surface area contributed by atoms with Gasteiger partial charge in [0.1, 0.15) is 0 Å². The average Bonchev–Trinajstić information content (AvgIpc) is 2.69. The molecule has 1 unspecified atom stereocenters. The fourth-order valence-electron chi connectivity index (χ4n) is 2.65. The fourth-order valence-corrected chi connectivity index (χ4v) is 2.97. The van der Waals surface area contributed by atoms with E-state index in [-0.39, 0.29) is 0 Å². The van der Waals surface area contributed by atoms with Gasteiger partial charge in [-0.05, 0) is 55.5 Å². The number of benzene rings is 2. The van der Waals surface area contributed by atoms with Crippen LogP contribution in [0.2, 0.25) is 0 Å². The minimum absolute atomic E-state index is 0.307. The summed E-state index contributed by atoms with van der Waals surface area (Å²) in [6.07, 6.45) is 5.06. The molecule has 5 heteroatoms. The molecule has 0 radical (unpaired) electrons. The van der Waals surface area contributed by atoms with Crippen molar-refractivity contribution in [2.45, 2.75) is 38.6 Å². The fraction of sp³-hybridized carbons (Fsp3) is 0.364. The molecule has 2 aromatic rings. The molecule has 0 saturated heterocycles. The van der Waals surface area contributed by atoms with Gasteiger partial charge in [-0.3, -0.25) is 4.57 Å². The number of unbranched alkanes of at least 4 members (excludes halogenated alkanes) is 2. The summed E-state index contributed by atoms with van der Waals surface area (Å²) in [4.78, 5) is 8.56. The lowest BCUT2D eigenvalue weighted by Crippen LogP contribution is -2.15. The van der Waals surface area contributed by atoms with Crippen LogP contribution in [0.25, 0.3) is 0 Å². The van der Waals surface area contributed by atoms with Crippen LogP contribution in [0.15, 0.2) is 54.6 Å². The minimum Gasteiger partial charge on any atom is -0.326 e. The van der Waals surface area contributed by atoms with Gasteiger partial charge in [-0.1, -0.05) is 54.3 Å². The first-order chi connectivity index (χ1) is 13.2. The number of nitrogens with one attached hydrogen (secondary N) is 1. The average molecular weight is 385 g/mol. The highest BCUT2D eigenvalue weighted by atomic mass is 31.1. The quantitative estimate of drug-likeness (QED) is 0.343. The molecule has 27 heavy (non-hydrogen) atoms. The van der Waals surface area contributed by atoms with E-state index in [1.165, 1.54) is 17.5 Å². The Hall–Kier alpha value is -1.89. The van der Waals surface area contributed by atoms with Crippen LogP contribution in [0.5, 0.6) is 0 Å². The van der Waals surface area contributed by atoms with E-state index in [9.17, 15) is 4.57 Å². The Labute approximate surface area is 162 Å². The monoisotopic (exact) mass is 385 g/mol. The molecule has 0 fully saturated rings. The van der Waals surface area contributed by atoms with Crippen LogP contribution in [0.4, 0.5) is 0 Å². The number of rotatable bonds is 11. The number of hydrogen-bond acceptors (Lipinski definition) is 3. The predicted molar refractivity (Wildman–Crippen MR) is 111 cm³/mol.